The molecule has 5 nitrogen and oxygen atoms in total. The summed E-state index contributed by atoms with van der Waals surface area (Å²) in [4.78, 5) is 12.1. The molecule has 1 amide bonds. The highest BCUT2D eigenvalue weighted by molar-refractivity contribution is 5.80. The van der Waals surface area contributed by atoms with Crippen molar-refractivity contribution in [2.24, 2.45) is 15.6 Å². The lowest BCUT2D eigenvalue weighted by molar-refractivity contribution is -0.166. The van der Waals surface area contributed by atoms with E-state index in [4.69, 9.17) is 4.74 Å². The molecule has 2 aliphatic heterocycles. The summed E-state index contributed by atoms with van der Waals surface area (Å²) in [5, 5.41) is 9.10. The minimum Gasteiger partial charge on any atom is -0.368 e. The highest BCUT2D eigenvalue weighted by Gasteiger charge is 2.65. The number of benzene rings is 1. The molecule has 1 fully saturated rings. The molecule has 2 aliphatic rings. The number of carbonyl (C=O) groups is 1. The number of alkyl halides is 3. The molecule has 0 spiro atoms. The highest BCUT2D eigenvalue weighted by Crippen LogP contribution is 2.52. The van der Waals surface area contributed by atoms with Crippen molar-refractivity contribution < 1.29 is 22.7 Å². The summed E-state index contributed by atoms with van der Waals surface area (Å²) < 4.78 is 44.4. The molecule has 2 heterocycles. The first-order chi connectivity index (χ1) is 11.6. The summed E-state index contributed by atoms with van der Waals surface area (Å²) >= 11 is 0. The number of hydrogen-bond acceptors (Lipinski definition) is 4. The molecule has 25 heavy (non-hydrogen) atoms. The van der Waals surface area contributed by atoms with Gasteiger partial charge in [0.2, 0.25) is 5.91 Å². The number of amides is 1. The first-order valence-electron chi connectivity index (χ1n) is 8.13. The van der Waals surface area contributed by atoms with Crippen molar-refractivity contribution in [2.45, 2.75) is 51.2 Å². The number of halogens is 3. The molecule has 1 unspecified atom stereocenters. The van der Waals surface area contributed by atoms with Crippen LogP contribution < -0.4 is 5.32 Å². The number of carbonyl (C=O) groups excluding carboxylic acids is 1. The molecule has 1 aromatic rings. The molecule has 3 rings (SSSR count). The Bertz CT molecular complexity index is 667. The summed E-state index contributed by atoms with van der Waals surface area (Å²) in [6, 6.07) is 5.76. The van der Waals surface area contributed by atoms with Gasteiger partial charge < -0.3 is 10.1 Å². The smallest absolute Gasteiger partial charge is 0.368 e. The second-order valence-corrected chi connectivity index (χ2v) is 7.29. The Morgan fingerprint density at radius 1 is 1.28 bits per heavy atom. The molecule has 0 saturated carbocycles. The molecule has 1 aromatic carbocycles. The summed E-state index contributed by atoms with van der Waals surface area (Å²) in [5.74, 6) is -0.196. The van der Waals surface area contributed by atoms with Crippen molar-refractivity contribution in [3.8, 4) is 0 Å². The Morgan fingerprint density at radius 2 is 1.92 bits per heavy atom. The Morgan fingerprint density at radius 3 is 2.40 bits per heavy atom. The zero-order valence-corrected chi connectivity index (χ0v) is 14.1. The van der Waals surface area contributed by atoms with Gasteiger partial charge in [-0.15, -0.1) is 10.2 Å². The van der Waals surface area contributed by atoms with Crippen LogP contribution in [0.15, 0.2) is 34.5 Å². The predicted molar refractivity (Wildman–Crippen MR) is 83.6 cm³/mol. The van der Waals surface area contributed by atoms with Crippen LogP contribution in [0.1, 0.15) is 37.8 Å². The highest BCUT2D eigenvalue weighted by atomic mass is 19.4. The van der Waals surface area contributed by atoms with Gasteiger partial charge in [0, 0.05) is 12.1 Å². The number of ether oxygens (including phenoxy) is 1. The average Bonchev–Trinajstić information content (AvgIpc) is 3.34. The summed E-state index contributed by atoms with van der Waals surface area (Å²) in [5.41, 5.74) is -1.64. The Balaban J connectivity index is 1.54. The minimum absolute atomic E-state index is 0.0204. The fourth-order valence-electron chi connectivity index (χ4n) is 2.81. The zero-order chi connectivity index (χ0) is 18.3. The van der Waals surface area contributed by atoms with Gasteiger partial charge in [-0.1, -0.05) is 38.1 Å². The van der Waals surface area contributed by atoms with Crippen LogP contribution in [0.5, 0.6) is 0 Å². The maximum atomic E-state index is 12.9. The van der Waals surface area contributed by atoms with E-state index in [1.54, 1.807) is 0 Å². The molecular weight excluding hydrogens is 335 g/mol. The van der Waals surface area contributed by atoms with Gasteiger partial charge in [-0.25, -0.2) is 0 Å². The van der Waals surface area contributed by atoms with Gasteiger partial charge in [-0.2, -0.15) is 13.2 Å². The van der Waals surface area contributed by atoms with Crippen molar-refractivity contribution in [2.75, 3.05) is 6.61 Å². The van der Waals surface area contributed by atoms with E-state index < -0.39 is 17.9 Å². The van der Waals surface area contributed by atoms with Crippen molar-refractivity contribution in [1.82, 2.24) is 5.32 Å². The third kappa shape index (κ3) is 3.68. The largest absolute Gasteiger partial charge is 0.442 e. The molecule has 0 aliphatic carbocycles. The van der Waals surface area contributed by atoms with Gasteiger partial charge in [-0.3, -0.25) is 4.79 Å². The van der Waals surface area contributed by atoms with Gasteiger partial charge in [0.25, 0.3) is 0 Å². The molecule has 0 radical (unpaired) electrons. The summed E-state index contributed by atoms with van der Waals surface area (Å²) in [7, 11) is 0. The van der Waals surface area contributed by atoms with Crippen LogP contribution in [0.4, 0.5) is 13.2 Å². The van der Waals surface area contributed by atoms with E-state index >= 15 is 0 Å². The lowest BCUT2D eigenvalue weighted by Gasteiger charge is -2.33. The van der Waals surface area contributed by atoms with Crippen LogP contribution in [-0.4, -0.2) is 24.8 Å². The predicted octanol–water partition coefficient (Wildman–Crippen LogP) is 3.69. The van der Waals surface area contributed by atoms with Crippen molar-refractivity contribution in [1.29, 1.82) is 0 Å². The maximum absolute atomic E-state index is 12.9. The molecule has 1 atom stereocenters. The van der Waals surface area contributed by atoms with Crippen LogP contribution in [0.25, 0.3) is 0 Å². The quantitative estimate of drug-likeness (QED) is 0.895. The van der Waals surface area contributed by atoms with E-state index in [0.717, 1.165) is 6.42 Å². The number of nitrogens with one attached hydrogen (secondary N) is 1. The molecular formula is C17H20F3N3O2. The lowest BCUT2D eigenvalue weighted by atomic mass is 9.85. The minimum atomic E-state index is -4.53. The van der Waals surface area contributed by atoms with Gasteiger partial charge >= 0.3 is 11.8 Å². The molecule has 8 heteroatoms. The Kier molecular flexibility index (Phi) is 4.35. The van der Waals surface area contributed by atoms with Crippen molar-refractivity contribution in [3.63, 3.8) is 0 Å². The van der Waals surface area contributed by atoms with Crippen molar-refractivity contribution in [3.05, 3.63) is 35.4 Å². The maximum Gasteiger partial charge on any atom is 0.442 e. The van der Waals surface area contributed by atoms with E-state index in [1.165, 1.54) is 24.3 Å². The Hall–Kier alpha value is -1.96. The standard InChI is InChI=1S/C17H20F3N3O2/c1-15(2)8-7-13(25-10-15)14(24)21-9-11-3-5-12(6-4-11)16(22-23-16)17(18,19)20/h3-6,13H,7-10H2,1-2H3,(H,21,24). The molecule has 1 N–H and O–H groups in total. The summed E-state index contributed by atoms with van der Waals surface area (Å²) in [6.45, 7) is 4.95. The molecule has 0 bridgehead atoms. The van der Waals surface area contributed by atoms with Crippen molar-refractivity contribution >= 4 is 5.91 Å². The SMILES string of the molecule is CC1(C)CCC(C(=O)NCc2ccc(C3(C(F)(F)F)N=N3)cc2)OC1. The van der Waals surface area contributed by atoms with Gasteiger partial charge in [-0.05, 0) is 23.8 Å². The van der Waals surface area contributed by atoms with Crippen LogP contribution in [-0.2, 0) is 21.7 Å². The van der Waals surface area contributed by atoms with Crippen LogP contribution in [0, 0.1) is 5.41 Å². The topological polar surface area (TPSA) is 63.0 Å². The fraction of sp³-hybridized carbons (Fsp3) is 0.588. The van der Waals surface area contributed by atoms with Gasteiger partial charge in [0.1, 0.15) is 6.10 Å². The monoisotopic (exact) mass is 355 g/mol. The summed E-state index contributed by atoms with van der Waals surface area (Å²) in [6.07, 6.45) is -3.43. The second kappa shape index (κ2) is 6.09. The first kappa shape index (κ1) is 17.8. The second-order valence-electron chi connectivity index (χ2n) is 7.29. The fourth-order valence-corrected chi connectivity index (χ4v) is 2.81. The molecule has 1 saturated heterocycles. The lowest BCUT2D eigenvalue weighted by Crippen LogP contribution is -2.42. The zero-order valence-electron chi connectivity index (χ0n) is 14.1. The van der Waals surface area contributed by atoms with Gasteiger partial charge in [0.05, 0.1) is 6.61 Å². The van der Waals surface area contributed by atoms with E-state index in [2.05, 4.69) is 29.4 Å². The van der Waals surface area contributed by atoms with E-state index in [-0.39, 0.29) is 23.4 Å². The normalized spacial score (nSPS) is 24.0. The van der Waals surface area contributed by atoms with Crippen LogP contribution in [0.3, 0.4) is 0 Å². The Labute approximate surface area is 143 Å². The average molecular weight is 355 g/mol. The molecule has 0 aromatic heterocycles. The number of nitrogens with zero attached hydrogens (tertiary/aromatic N) is 2. The van der Waals surface area contributed by atoms with Crippen LogP contribution in [0.2, 0.25) is 0 Å². The van der Waals surface area contributed by atoms with Crippen LogP contribution >= 0.6 is 0 Å². The number of rotatable bonds is 4. The number of hydrogen-bond donors (Lipinski definition) is 1. The van der Waals surface area contributed by atoms with E-state index in [0.29, 0.717) is 18.6 Å². The van der Waals surface area contributed by atoms with E-state index in [9.17, 15) is 18.0 Å². The third-order valence-corrected chi connectivity index (χ3v) is 4.57. The third-order valence-electron chi connectivity index (χ3n) is 4.57. The first-order valence-corrected chi connectivity index (χ1v) is 8.13. The molecule has 136 valence electrons. The van der Waals surface area contributed by atoms with Gasteiger partial charge in [0.15, 0.2) is 0 Å². The van der Waals surface area contributed by atoms with E-state index in [1.807, 2.05) is 0 Å².